The molecule has 4 atom stereocenters. The maximum atomic E-state index is 13.0. The average molecular weight is 279 g/mol. The van der Waals surface area contributed by atoms with Gasteiger partial charge in [-0.2, -0.15) is 0 Å². The Kier molecular flexibility index (Phi) is 4.22. The van der Waals surface area contributed by atoms with Crippen LogP contribution in [-0.2, 0) is 4.74 Å². The molecule has 3 nitrogen and oxygen atoms in total. The van der Waals surface area contributed by atoms with E-state index in [-0.39, 0.29) is 17.8 Å². The van der Waals surface area contributed by atoms with Crippen molar-refractivity contribution in [3.63, 3.8) is 0 Å². The van der Waals surface area contributed by atoms with E-state index in [0.717, 1.165) is 25.1 Å². The van der Waals surface area contributed by atoms with Gasteiger partial charge in [-0.15, -0.1) is 0 Å². The molecule has 110 valence electrons. The lowest BCUT2D eigenvalue weighted by molar-refractivity contribution is 0.00691. The fraction of sp³-hybridized carbons (Fsp3) is 0.625. The highest BCUT2D eigenvalue weighted by molar-refractivity contribution is 5.44. The van der Waals surface area contributed by atoms with Gasteiger partial charge >= 0.3 is 0 Å². The van der Waals surface area contributed by atoms with Crippen molar-refractivity contribution in [3.8, 4) is 0 Å². The molecule has 3 unspecified atom stereocenters. The molecule has 1 aromatic rings. The van der Waals surface area contributed by atoms with E-state index in [1.807, 2.05) is 0 Å². The molecule has 2 aliphatic rings. The van der Waals surface area contributed by atoms with Crippen molar-refractivity contribution in [3.05, 3.63) is 30.1 Å². The Morgan fingerprint density at radius 2 is 1.95 bits per heavy atom. The number of halogens is 1. The number of fused-ring (bicyclic) bond motifs is 1. The minimum Gasteiger partial charge on any atom is -0.390 e. The van der Waals surface area contributed by atoms with Crippen molar-refractivity contribution in [2.45, 2.75) is 37.8 Å². The number of rotatable bonds is 2. The number of nitrogens with one attached hydrogen (secondary N) is 1. The van der Waals surface area contributed by atoms with E-state index in [1.54, 1.807) is 12.1 Å². The highest BCUT2D eigenvalue weighted by Crippen LogP contribution is 2.38. The maximum Gasteiger partial charge on any atom is 0.123 e. The van der Waals surface area contributed by atoms with Crippen molar-refractivity contribution in [1.29, 1.82) is 0 Å². The lowest BCUT2D eigenvalue weighted by Gasteiger charge is -2.40. The summed E-state index contributed by atoms with van der Waals surface area (Å²) in [6.07, 6.45) is 4.03. The van der Waals surface area contributed by atoms with Gasteiger partial charge in [0.05, 0.1) is 12.7 Å². The topological polar surface area (TPSA) is 41.5 Å². The van der Waals surface area contributed by atoms with Gasteiger partial charge in [-0.25, -0.2) is 4.39 Å². The third-order valence-corrected chi connectivity index (χ3v) is 4.66. The molecule has 1 saturated heterocycles. The van der Waals surface area contributed by atoms with Gasteiger partial charge in [-0.1, -0.05) is 6.42 Å². The van der Waals surface area contributed by atoms with Crippen LogP contribution in [0.15, 0.2) is 24.3 Å². The van der Waals surface area contributed by atoms with Gasteiger partial charge in [-0.05, 0) is 49.4 Å². The van der Waals surface area contributed by atoms with Gasteiger partial charge in [-0.3, -0.25) is 0 Å². The summed E-state index contributed by atoms with van der Waals surface area (Å²) in [5.74, 6) is 0.537. The number of anilines is 1. The summed E-state index contributed by atoms with van der Waals surface area (Å²) in [5.41, 5.74) is 0.925. The second-order valence-electron chi connectivity index (χ2n) is 5.96. The highest BCUT2D eigenvalue weighted by atomic mass is 19.1. The molecule has 1 aliphatic heterocycles. The molecular formula is C16H22FNO2. The van der Waals surface area contributed by atoms with Crippen molar-refractivity contribution in [2.75, 3.05) is 18.5 Å². The Morgan fingerprint density at radius 1 is 1.15 bits per heavy atom. The number of ether oxygens (including phenoxy) is 1. The van der Waals surface area contributed by atoms with Crippen LogP contribution in [-0.4, -0.2) is 30.5 Å². The van der Waals surface area contributed by atoms with Crippen LogP contribution in [0.2, 0.25) is 0 Å². The first-order valence-electron chi connectivity index (χ1n) is 7.52. The quantitative estimate of drug-likeness (QED) is 0.874. The summed E-state index contributed by atoms with van der Waals surface area (Å²) in [4.78, 5) is 0. The summed E-state index contributed by atoms with van der Waals surface area (Å²) < 4.78 is 18.5. The first-order chi connectivity index (χ1) is 9.74. The van der Waals surface area contributed by atoms with Gasteiger partial charge in [0.15, 0.2) is 0 Å². The summed E-state index contributed by atoms with van der Waals surface area (Å²) >= 11 is 0. The third-order valence-electron chi connectivity index (χ3n) is 4.66. The van der Waals surface area contributed by atoms with Crippen LogP contribution in [0.3, 0.4) is 0 Å². The SMILES string of the molecule is O[C@@H]1COCCC2CCCC(Nc3ccc(F)cc3)C21. The van der Waals surface area contributed by atoms with Crippen LogP contribution in [0.4, 0.5) is 10.1 Å². The molecule has 0 bridgehead atoms. The molecule has 4 heteroatoms. The third kappa shape index (κ3) is 2.96. The highest BCUT2D eigenvalue weighted by Gasteiger charge is 2.39. The second-order valence-corrected chi connectivity index (χ2v) is 5.96. The zero-order valence-electron chi connectivity index (χ0n) is 11.6. The zero-order chi connectivity index (χ0) is 13.9. The molecule has 1 heterocycles. The van der Waals surface area contributed by atoms with Crippen molar-refractivity contribution >= 4 is 5.69 Å². The van der Waals surface area contributed by atoms with E-state index in [4.69, 9.17) is 4.74 Å². The summed E-state index contributed by atoms with van der Waals surface area (Å²) in [6, 6.07) is 6.71. The van der Waals surface area contributed by atoms with E-state index in [2.05, 4.69) is 5.32 Å². The Labute approximate surface area is 119 Å². The Morgan fingerprint density at radius 3 is 2.75 bits per heavy atom. The monoisotopic (exact) mass is 279 g/mol. The predicted molar refractivity (Wildman–Crippen MR) is 76.1 cm³/mol. The standard InChI is InChI=1S/C16H22FNO2/c17-12-4-6-13(7-5-12)18-14-3-1-2-11-8-9-20-10-15(19)16(11)14/h4-7,11,14-16,18-19H,1-3,8-10H2/t11?,14?,15-,16?/m1/s1. The largest absolute Gasteiger partial charge is 0.390 e. The fourth-order valence-electron chi connectivity index (χ4n) is 3.71. The predicted octanol–water partition coefficient (Wildman–Crippen LogP) is 2.80. The zero-order valence-corrected chi connectivity index (χ0v) is 11.6. The number of aliphatic hydroxyl groups is 1. The van der Waals surface area contributed by atoms with Crippen LogP contribution < -0.4 is 5.32 Å². The molecule has 1 aliphatic carbocycles. The summed E-state index contributed by atoms with van der Waals surface area (Å²) in [5, 5.41) is 13.8. The summed E-state index contributed by atoms with van der Waals surface area (Å²) in [7, 11) is 0. The van der Waals surface area contributed by atoms with Crippen LogP contribution in [0, 0.1) is 17.7 Å². The van der Waals surface area contributed by atoms with Gasteiger partial charge < -0.3 is 15.2 Å². The number of aliphatic hydroxyl groups excluding tert-OH is 1. The number of hydrogen-bond acceptors (Lipinski definition) is 3. The molecule has 0 aromatic heterocycles. The summed E-state index contributed by atoms with van der Waals surface area (Å²) in [6.45, 7) is 1.18. The Bertz CT molecular complexity index is 437. The maximum absolute atomic E-state index is 13.0. The van der Waals surface area contributed by atoms with Crippen molar-refractivity contribution in [2.24, 2.45) is 11.8 Å². The molecular weight excluding hydrogens is 257 g/mol. The van der Waals surface area contributed by atoms with Gasteiger partial charge in [0.1, 0.15) is 5.82 Å². The minimum absolute atomic E-state index is 0.222. The lowest BCUT2D eigenvalue weighted by Crippen LogP contribution is -2.45. The Hall–Kier alpha value is -1.13. The van der Waals surface area contributed by atoms with Gasteiger partial charge in [0, 0.05) is 24.3 Å². The van der Waals surface area contributed by atoms with Gasteiger partial charge in [0.2, 0.25) is 0 Å². The lowest BCUT2D eigenvalue weighted by atomic mass is 9.72. The fourth-order valence-corrected chi connectivity index (χ4v) is 3.71. The number of hydrogen-bond donors (Lipinski definition) is 2. The van der Waals surface area contributed by atoms with E-state index in [1.165, 1.54) is 25.0 Å². The first-order valence-corrected chi connectivity index (χ1v) is 7.52. The molecule has 2 fully saturated rings. The Balaban J connectivity index is 1.74. The smallest absolute Gasteiger partial charge is 0.123 e. The molecule has 1 saturated carbocycles. The van der Waals surface area contributed by atoms with Crippen LogP contribution in [0.25, 0.3) is 0 Å². The normalized spacial score (nSPS) is 34.1. The molecule has 0 spiro atoms. The van der Waals surface area contributed by atoms with Crippen LogP contribution in [0.5, 0.6) is 0 Å². The molecule has 2 N–H and O–H groups in total. The van der Waals surface area contributed by atoms with E-state index >= 15 is 0 Å². The number of benzene rings is 1. The van der Waals surface area contributed by atoms with Gasteiger partial charge in [0.25, 0.3) is 0 Å². The molecule has 0 amide bonds. The van der Waals surface area contributed by atoms with Crippen molar-refractivity contribution in [1.82, 2.24) is 0 Å². The van der Waals surface area contributed by atoms with E-state index in [9.17, 15) is 9.50 Å². The molecule has 1 aromatic carbocycles. The van der Waals surface area contributed by atoms with E-state index in [0.29, 0.717) is 12.5 Å². The van der Waals surface area contributed by atoms with Crippen LogP contribution in [0.1, 0.15) is 25.7 Å². The molecule has 3 rings (SSSR count). The average Bonchev–Trinajstić information content (AvgIpc) is 2.64. The minimum atomic E-state index is -0.402. The molecule has 0 radical (unpaired) electrons. The first kappa shape index (κ1) is 13.8. The molecule has 20 heavy (non-hydrogen) atoms. The van der Waals surface area contributed by atoms with Crippen LogP contribution >= 0.6 is 0 Å². The second kappa shape index (κ2) is 6.10. The van der Waals surface area contributed by atoms with Crippen molar-refractivity contribution < 1.29 is 14.2 Å². The van der Waals surface area contributed by atoms with E-state index < -0.39 is 6.10 Å².